The van der Waals surface area contributed by atoms with Gasteiger partial charge in [0.05, 0.1) is 24.2 Å². The maximum Gasteiger partial charge on any atom is 0.227 e. The maximum atomic E-state index is 12.8. The van der Waals surface area contributed by atoms with E-state index >= 15 is 0 Å². The van der Waals surface area contributed by atoms with Crippen molar-refractivity contribution in [2.45, 2.75) is 38.6 Å². The molecule has 1 aliphatic rings. The Morgan fingerprint density at radius 1 is 1.40 bits per heavy atom. The van der Waals surface area contributed by atoms with Crippen LogP contribution in [0.15, 0.2) is 36.8 Å². The molecule has 1 saturated heterocycles. The zero-order valence-electron chi connectivity index (χ0n) is 14.5. The molecule has 3 heterocycles. The van der Waals surface area contributed by atoms with Crippen LogP contribution in [0.1, 0.15) is 37.2 Å². The van der Waals surface area contributed by atoms with Crippen molar-refractivity contribution in [3.63, 3.8) is 0 Å². The van der Waals surface area contributed by atoms with Crippen molar-refractivity contribution in [3.8, 4) is 0 Å². The van der Waals surface area contributed by atoms with Gasteiger partial charge in [0.2, 0.25) is 5.91 Å². The second-order valence-electron chi connectivity index (χ2n) is 6.71. The third kappa shape index (κ3) is 3.16. The van der Waals surface area contributed by atoms with Crippen LogP contribution in [0, 0.1) is 0 Å². The number of nitrogens with one attached hydrogen (secondary N) is 1. The van der Waals surface area contributed by atoms with E-state index in [1.807, 2.05) is 35.5 Å². The quantitative estimate of drug-likeness (QED) is 0.796. The number of H-pyrrole nitrogens is 1. The Kier molecular flexibility index (Phi) is 4.26. The molecule has 130 valence electrons. The third-order valence-corrected chi connectivity index (χ3v) is 5.07. The first-order valence-corrected chi connectivity index (χ1v) is 8.96. The van der Waals surface area contributed by atoms with Crippen LogP contribution in [0.3, 0.4) is 0 Å². The molecule has 2 aromatic heterocycles. The average Bonchev–Trinajstić information content (AvgIpc) is 3.30. The standard InChI is InChI=1S/C19H23N5O/c1-2-18-20-7-9-24(18)16-4-3-8-23(13-16)19(25)11-14-5-6-15-12-21-22-17(15)10-14/h5-7,9-10,12,16H,2-4,8,11,13H2,1H3,(H,21,22). The Labute approximate surface area is 146 Å². The Morgan fingerprint density at radius 3 is 3.20 bits per heavy atom. The van der Waals surface area contributed by atoms with Crippen LogP contribution in [0.4, 0.5) is 0 Å². The molecule has 0 aliphatic carbocycles. The summed E-state index contributed by atoms with van der Waals surface area (Å²) in [5.74, 6) is 1.30. The molecule has 1 unspecified atom stereocenters. The number of rotatable bonds is 4. The highest BCUT2D eigenvalue weighted by molar-refractivity contribution is 5.82. The largest absolute Gasteiger partial charge is 0.340 e. The number of carbonyl (C=O) groups excluding carboxylic acids is 1. The Hall–Kier alpha value is -2.63. The van der Waals surface area contributed by atoms with Gasteiger partial charge in [0.15, 0.2) is 0 Å². The molecule has 1 atom stereocenters. The van der Waals surface area contributed by atoms with Crippen molar-refractivity contribution in [1.29, 1.82) is 0 Å². The number of nitrogens with zero attached hydrogens (tertiary/aromatic N) is 4. The van der Waals surface area contributed by atoms with E-state index in [2.05, 4.69) is 26.7 Å². The van der Waals surface area contributed by atoms with Gasteiger partial charge >= 0.3 is 0 Å². The lowest BCUT2D eigenvalue weighted by Gasteiger charge is -2.34. The fourth-order valence-electron chi connectivity index (χ4n) is 3.74. The van der Waals surface area contributed by atoms with Gasteiger partial charge in [-0.25, -0.2) is 4.98 Å². The molecule has 6 heteroatoms. The lowest BCUT2D eigenvalue weighted by Crippen LogP contribution is -2.41. The van der Waals surface area contributed by atoms with Crippen molar-refractivity contribution in [2.24, 2.45) is 0 Å². The van der Waals surface area contributed by atoms with Crippen molar-refractivity contribution in [3.05, 3.63) is 48.2 Å². The van der Waals surface area contributed by atoms with E-state index in [9.17, 15) is 4.79 Å². The monoisotopic (exact) mass is 337 g/mol. The van der Waals surface area contributed by atoms with Gasteiger partial charge in [-0.15, -0.1) is 0 Å². The number of fused-ring (bicyclic) bond motifs is 1. The highest BCUT2D eigenvalue weighted by atomic mass is 16.2. The summed E-state index contributed by atoms with van der Waals surface area (Å²) in [5, 5.41) is 8.07. The molecule has 1 amide bonds. The number of piperidine rings is 1. The maximum absolute atomic E-state index is 12.8. The Bertz CT molecular complexity index is 881. The van der Waals surface area contributed by atoms with Gasteiger partial charge in [0.25, 0.3) is 0 Å². The minimum absolute atomic E-state index is 0.196. The lowest BCUT2D eigenvalue weighted by atomic mass is 10.0. The number of aryl methyl sites for hydroxylation is 1. The molecule has 0 radical (unpaired) electrons. The normalized spacial score (nSPS) is 18.0. The number of aromatic amines is 1. The molecule has 6 nitrogen and oxygen atoms in total. The van der Waals surface area contributed by atoms with E-state index in [0.717, 1.165) is 54.6 Å². The highest BCUT2D eigenvalue weighted by Gasteiger charge is 2.25. The van der Waals surface area contributed by atoms with Gasteiger partial charge in [0, 0.05) is 37.3 Å². The molecule has 4 rings (SSSR count). The Balaban J connectivity index is 1.46. The zero-order valence-corrected chi connectivity index (χ0v) is 14.5. The molecule has 1 aliphatic heterocycles. The first-order chi connectivity index (χ1) is 12.2. The molecule has 1 aromatic carbocycles. The second kappa shape index (κ2) is 6.70. The smallest absolute Gasteiger partial charge is 0.227 e. The van der Waals surface area contributed by atoms with Crippen LogP contribution in [-0.4, -0.2) is 43.6 Å². The number of hydrogen-bond acceptors (Lipinski definition) is 3. The van der Waals surface area contributed by atoms with E-state index in [1.54, 1.807) is 6.20 Å². The van der Waals surface area contributed by atoms with Crippen LogP contribution in [0.2, 0.25) is 0 Å². The van der Waals surface area contributed by atoms with E-state index in [0.29, 0.717) is 12.5 Å². The summed E-state index contributed by atoms with van der Waals surface area (Å²) in [5.41, 5.74) is 2.01. The fourth-order valence-corrected chi connectivity index (χ4v) is 3.74. The highest BCUT2D eigenvalue weighted by Crippen LogP contribution is 2.24. The van der Waals surface area contributed by atoms with Gasteiger partial charge in [-0.3, -0.25) is 9.89 Å². The molecule has 0 bridgehead atoms. The van der Waals surface area contributed by atoms with Crippen LogP contribution < -0.4 is 0 Å². The predicted octanol–water partition coefficient (Wildman–Crippen LogP) is 2.73. The van der Waals surface area contributed by atoms with Gasteiger partial charge in [-0.1, -0.05) is 19.1 Å². The van der Waals surface area contributed by atoms with Gasteiger partial charge in [-0.2, -0.15) is 5.10 Å². The summed E-state index contributed by atoms with van der Waals surface area (Å²) < 4.78 is 2.25. The Morgan fingerprint density at radius 2 is 2.32 bits per heavy atom. The van der Waals surface area contributed by atoms with Gasteiger partial charge in [0.1, 0.15) is 5.82 Å². The number of carbonyl (C=O) groups is 1. The molecule has 0 saturated carbocycles. The molecular formula is C19H23N5O. The zero-order chi connectivity index (χ0) is 17.2. The van der Waals surface area contributed by atoms with Crippen molar-refractivity contribution < 1.29 is 4.79 Å². The molecular weight excluding hydrogens is 314 g/mol. The predicted molar refractivity (Wildman–Crippen MR) is 96.3 cm³/mol. The molecule has 0 spiro atoms. The number of imidazole rings is 1. The van der Waals surface area contributed by atoms with Gasteiger partial charge < -0.3 is 9.47 Å². The van der Waals surface area contributed by atoms with Crippen molar-refractivity contribution in [1.82, 2.24) is 24.6 Å². The summed E-state index contributed by atoms with van der Waals surface area (Å²) in [4.78, 5) is 19.2. The summed E-state index contributed by atoms with van der Waals surface area (Å²) in [6.07, 6.45) is 9.20. The summed E-state index contributed by atoms with van der Waals surface area (Å²) in [7, 11) is 0. The lowest BCUT2D eigenvalue weighted by molar-refractivity contribution is -0.132. The number of amides is 1. The van der Waals surface area contributed by atoms with Crippen LogP contribution in [-0.2, 0) is 17.6 Å². The van der Waals surface area contributed by atoms with Crippen LogP contribution in [0.25, 0.3) is 10.9 Å². The van der Waals surface area contributed by atoms with Crippen molar-refractivity contribution >= 4 is 16.8 Å². The molecule has 3 aromatic rings. The van der Waals surface area contributed by atoms with E-state index in [-0.39, 0.29) is 5.91 Å². The van der Waals surface area contributed by atoms with E-state index < -0.39 is 0 Å². The summed E-state index contributed by atoms with van der Waals surface area (Å²) in [6, 6.07) is 6.39. The van der Waals surface area contributed by atoms with E-state index in [1.165, 1.54) is 0 Å². The topological polar surface area (TPSA) is 66.8 Å². The number of benzene rings is 1. The molecule has 1 fully saturated rings. The minimum Gasteiger partial charge on any atom is -0.340 e. The number of likely N-dealkylation sites (tertiary alicyclic amines) is 1. The van der Waals surface area contributed by atoms with Crippen LogP contribution in [0.5, 0.6) is 0 Å². The van der Waals surface area contributed by atoms with Crippen molar-refractivity contribution in [2.75, 3.05) is 13.1 Å². The minimum atomic E-state index is 0.196. The van der Waals surface area contributed by atoms with Gasteiger partial charge in [-0.05, 0) is 24.5 Å². The van der Waals surface area contributed by atoms with Crippen LogP contribution >= 0.6 is 0 Å². The fraction of sp³-hybridized carbons (Fsp3) is 0.421. The second-order valence-corrected chi connectivity index (χ2v) is 6.71. The first kappa shape index (κ1) is 15.9. The summed E-state index contributed by atoms with van der Waals surface area (Å²) in [6.45, 7) is 3.74. The number of aromatic nitrogens is 4. The molecule has 1 N–H and O–H groups in total. The average molecular weight is 337 g/mol. The molecule has 25 heavy (non-hydrogen) atoms. The van der Waals surface area contributed by atoms with E-state index in [4.69, 9.17) is 0 Å². The first-order valence-electron chi connectivity index (χ1n) is 8.96. The SMILES string of the molecule is CCc1nccn1C1CCCN(C(=O)Cc2ccc3cn[nH]c3c2)C1. The number of hydrogen-bond donors (Lipinski definition) is 1. The summed E-state index contributed by atoms with van der Waals surface area (Å²) >= 11 is 0. The third-order valence-electron chi connectivity index (χ3n) is 5.07.